The minimum atomic E-state index is 0.289. The minimum absolute atomic E-state index is 0.289. The molecule has 138 valence electrons. The first-order valence-corrected chi connectivity index (χ1v) is 9.23. The lowest BCUT2D eigenvalue weighted by Crippen LogP contribution is -2.54. The maximum atomic E-state index is 12.3. The van der Waals surface area contributed by atoms with Gasteiger partial charge in [0, 0.05) is 65.3 Å². The van der Waals surface area contributed by atoms with Crippen LogP contribution >= 0.6 is 0 Å². The van der Waals surface area contributed by atoms with E-state index < -0.39 is 0 Å². The quantitative estimate of drug-likeness (QED) is 0.631. The average molecular weight is 346 g/mol. The monoisotopic (exact) mass is 346 g/mol. The average Bonchev–Trinajstić information content (AvgIpc) is 3.29. The molecule has 0 atom stereocenters. The van der Waals surface area contributed by atoms with E-state index in [1.54, 1.807) is 0 Å². The zero-order valence-electron chi connectivity index (χ0n) is 15.4. The summed E-state index contributed by atoms with van der Waals surface area (Å²) >= 11 is 0. The van der Waals surface area contributed by atoms with Crippen molar-refractivity contribution in [3.8, 4) is 0 Å². The number of likely N-dealkylation sites (tertiary alicyclic amines) is 1. The molecule has 2 fully saturated rings. The van der Waals surface area contributed by atoms with Gasteiger partial charge in [-0.25, -0.2) is 0 Å². The fraction of sp³-hybridized carbons (Fsp3) is 0.667. The topological polar surface area (TPSA) is 56.1 Å². The molecule has 1 aromatic heterocycles. The third kappa shape index (κ3) is 4.54. The highest BCUT2D eigenvalue weighted by atomic mass is 16.2. The first kappa shape index (κ1) is 17.8. The number of carbonyl (C=O) groups excluding carboxylic acids is 1. The SMILES string of the molecule is CN=C(NCc1cccn1C)N1CCN(CC(=O)N2CCCC2)CC1. The number of piperazine rings is 1. The molecule has 1 amide bonds. The first-order valence-electron chi connectivity index (χ1n) is 9.23. The van der Waals surface area contributed by atoms with Gasteiger partial charge in [0.15, 0.2) is 5.96 Å². The molecular weight excluding hydrogens is 316 g/mol. The summed E-state index contributed by atoms with van der Waals surface area (Å²) < 4.78 is 2.11. The van der Waals surface area contributed by atoms with Crippen LogP contribution in [-0.4, -0.2) is 84.0 Å². The summed E-state index contributed by atoms with van der Waals surface area (Å²) in [5.41, 5.74) is 1.23. The van der Waals surface area contributed by atoms with Crippen LogP contribution in [0.2, 0.25) is 0 Å². The van der Waals surface area contributed by atoms with Crippen molar-refractivity contribution in [2.24, 2.45) is 12.0 Å². The van der Waals surface area contributed by atoms with Crippen LogP contribution in [0.4, 0.5) is 0 Å². The molecule has 0 radical (unpaired) electrons. The van der Waals surface area contributed by atoms with E-state index in [1.165, 1.54) is 5.69 Å². The van der Waals surface area contributed by atoms with Crippen LogP contribution in [0.5, 0.6) is 0 Å². The smallest absolute Gasteiger partial charge is 0.236 e. The molecule has 7 nitrogen and oxygen atoms in total. The van der Waals surface area contributed by atoms with Crippen molar-refractivity contribution in [1.29, 1.82) is 0 Å². The van der Waals surface area contributed by atoms with Gasteiger partial charge in [0.2, 0.25) is 5.91 Å². The van der Waals surface area contributed by atoms with Crippen LogP contribution in [0.25, 0.3) is 0 Å². The number of amides is 1. The zero-order valence-corrected chi connectivity index (χ0v) is 15.4. The summed E-state index contributed by atoms with van der Waals surface area (Å²) in [6.07, 6.45) is 4.36. The van der Waals surface area contributed by atoms with Gasteiger partial charge in [0.1, 0.15) is 0 Å². The van der Waals surface area contributed by atoms with Crippen LogP contribution in [0, 0.1) is 0 Å². The second-order valence-corrected chi connectivity index (χ2v) is 6.86. The van der Waals surface area contributed by atoms with Crippen molar-refractivity contribution in [2.45, 2.75) is 19.4 Å². The number of hydrogen-bond acceptors (Lipinski definition) is 3. The summed E-state index contributed by atoms with van der Waals surface area (Å²) in [5, 5.41) is 3.44. The van der Waals surface area contributed by atoms with Crippen LogP contribution in [0.3, 0.4) is 0 Å². The van der Waals surface area contributed by atoms with Gasteiger partial charge in [-0.3, -0.25) is 14.7 Å². The second-order valence-electron chi connectivity index (χ2n) is 6.86. The van der Waals surface area contributed by atoms with Crippen LogP contribution < -0.4 is 5.32 Å². The van der Waals surface area contributed by atoms with Crippen LogP contribution in [0.1, 0.15) is 18.5 Å². The Balaban J connectivity index is 1.44. The van der Waals surface area contributed by atoms with E-state index in [1.807, 2.05) is 11.9 Å². The summed E-state index contributed by atoms with van der Waals surface area (Å²) in [6.45, 7) is 6.82. The van der Waals surface area contributed by atoms with E-state index in [0.717, 1.165) is 64.6 Å². The maximum absolute atomic E-state index is 12.3. The van der Waals surface area contributed by atoms with Gasteiger partial charge in [0.05, 0.1) is 13.1 Å². The molecule has 0 bridgehead atoms. The van der Waals surface area contributed by atoms with Crippen molar-refractivity contribution in [1.82, 2.24) is 24.6 Å². The minimum Gasteiger partial charge on any atom is -0.353 e. The highest BCUT2D eigenvalue weighted by Gasteiger charge is 2.24. The standard InChI is InChI=1S/C18H30N6O/c1-19-18(20-14-16-6-5-7-21(16)2)24-12-10-22(11-13-24)15-17(25)23-8-3-4-9-23/h5-7H,3-4,8-15H2,1-2H3,(H,19,20). The van der Waals surface area contributed by atoms with Crippen molar-refractivity contribution in [3.05, 3.63) is 24.0 Å². The second kappa shape index (κ2) is 8.38. The number of aliphatic imine (C=N–C) groups is 1. The largest absolute Gasteiger partial charge is 0.353 e. The molecule has 7 heteroatoms. The molecule has 3 rings (SSSR count). The van der Waals surface area contributed by atoms with Crippen LogP contribution in [-0.2, 0) is 18.4 Å². The highest BCUT2D eigenvalue weighted by Crippen LogP contribution is 2.09. The van der Waals surface area contributed by atoms with Crippen molar-refractivity contribution >= 4 is 11.9 Å². The number of rotatable bonds is 4. The van der Waals surface area contributed by atoms with Gasteiger partial charge in [-0.1, -0.05) is 0 Å². The number of nitrogens with one attached hydrogen (secondary N) is 1. The van der Waals surface area contributed by atoms with E-state index in [4.69, 9.17) is 0 Å². The van der Waals surface area contributed by atoms with Crippen molar-refractivity contribution in [3.63, 3.8) is 0 Å². The molecule has 0 saturated carbocycles. The molecule has 3 heterocycles. The Bertz CT molecular complexity index is 596. The Hall–Kier alpha value is -2.02. The summed E-state index contributed by atoms with van der Waals surface area (Å²) in [5.74, 6) is 1.23. The maximum Gasteiger partial charge on any atom is 0.236 e. The molecule has 25 heavy (non-hydrogen) atoms. The Kier molecular flexibility index (Phi) is 5.96. The molecule has 2 aliphatic rings. The molecule has 2 aliphatic heterocycles. The predicted octanol–water partition coefficient (Wildman–Crippen LogP) is 0.341. The number of aryl methyl sites for hydroxylation is 1. The summed E-state index contributed by atoms with van der Waals surface area (Å²) in [7, 11) is 3.88. The number of hydrogen-bond donors (Lipinski definition) is 1. The molecule has 1 N–H and O–H groups in total. The predicted molar refractivity (Wildman–Crippen MR) is 99.4 cm³/mol. The van der Waals surface area contributed by atoms with E-state index in [2.05, 4.69) is 50.1 Å². The molecule has 1 aromatic rings. The normalized spacial score (nSPS) is 19.5. The third-order valence-electron chi connectivity index (χ3n) is 5.18. The van der Waals surface area contributed by atoms with Gasteiger partial charge in [-0.15, -0.1) is 0 Å². The fourth-order valence-electron chi connectivity index (χ4n) is 3.56. The molecular formula is C18H30N6O. The Morgan fingerprint density at radius 3 is 2.44 bits per heavy atom. The van der Waals surface area contributed by atoms with Crippen LogP contribution in [0.15, 0.2) is 23.3 Å². The Morgan fingerprint density at radius 1 is 1.12 bits per heavy atom. The van der Waals surface area contributed by atoms with E-state index in [0.29, 0.717) is 6.54 Å². The number of aromatic nitrogens is 1. The molecule has 0 spiro atoms. The third-order valence-corrected chi connectivity index (χ3v) is 5.18. The molecule has 0 aliphatic carbocycles. The van der Waals surface area contributed by atoms with Crippen molar-refractivity contribution < 1.29 is 4.79 Å². The molecule has 0 unspecified atom stereocenters. The lowest BCUT2D eigenvalue weighted by atomic mass is 10.3. The van der Waals surface area contributed by atoms with Gasteiger partial charge in [-0.2, -0.15) is 0 Å². The summed E-state index contributed by atoms with van der Waals surface area (Å²) in [4.78, 5) is 23.3. The summed E-state index contributed by atoms with van der Waals surface area (Å²) in [6, 6.07) is 4.16. The van der Waals surface area contributed by atoms with Gasteiger partial charge in [0.25, 0.3) is 0 Å². The molecule has 2 saturated heterocycles. The zero-order chi connectivity index (χ0) is 17.6. The Morgan fingerprint density at radius 2 is 1.84 bits per heavy atom. The fourth-order valence-corrected chi connectivity index (χ4v) is 3.56. The van der Waals surface area contributed by atoms with Gasteiger partial charge in [-0.05, 0) is 25.0 Å². The van der Waals surface area contributed by atoms with E-state index in [-0.39, 0.29) is 5.91 Å². The number of nitrogens with zero attached hydrogens (tertiary/aromatic N) is 5. The van der Waals surface area contributed by atoms with Gasteiger partial charge >= 0.3 is 0 Å². The van der Waals surface area contributed by atoms with E-state index >= 15 is 0 Å². The van der Waals surface area contributed by atoms with Crippen molar-refractivity contribution in [2.75, 3.05) is 52.9 Å². The number of carbonyl (C=O) groups is 1. The first-order chi connectivity index (χ1) is 12.2. The lowest BCUT2D eigenvalue weighted by Gasteiger charge is -2.36. The van der Waals surface area contributed by atoms with Gasteiger partial charge < -0.3 is 19.7 Å². The van der Waals surface area contributed by atoms with E-state index in [9.17, 15) is 4.79 Å². The lowest BCUT2D eigenvalue weighted by molar-refractivity contribution is -0.131. The number of guanidine groups is 1. The molecule has 0 aromatic carbocycles. The highest BCUT2D eigenvalue weighted by molar-refractivity contribution is 5.80. The Labute approximate surface area is 150 Å².